The van der Waals surface area contributed by atoms with Gasteiger partial charge in [-0.3, -0.25) is 9.89 Å². The average molecular weight is 414 g/mol. The smallest absolute Gasteiger partial charge is 0.191 e. The monoisotopic (exact) mass is 413 g/mol. The molecule has 1 aliphatic rings. The molecule has 0 amide bonds. The number of likely N-dealkylation sites (tertiary alicyclic amines) is 1. The fourth-order valence-corrected chi connectivity index (χ4v) is 4.55. The minimum Gasteiger partial charge on any atom is -0.356 e. The van der Waals surface area contributed by atoms with E-state index in [4.69, 9.17) is 4.98 Å². The van der Waals surface area contributed by atoms with Gasteiger partial charge < -0.3 is 10.6 Å². The second-order valence-corrected chi connectivity index (χ2v) is 9.75. The Morgan fingerprint density at radius 3 is 2.55 bits per heavy atom. The number of hydrogen-bond acceptors (Lipinski definition) is 4. The molecule has 29 heavy (non-hydrogen) atoms. The Labute approximate surface area is 179 Å². The highest BCUT2D eigenvalue weighted by Gasteiger charge is 2.20. The van der Waals surface area contributed by atoms with Crippen molar-refractivity contribution in [3.63, 3.8) is 0 Å². The summed E-state index contributed by atoms with van der Waals surface area (Å²) < 4.78 is 0. The number of aliphatic imine (C=N–C) groups is 1. The van der Waals surface area contributed by atoms with Crippen LogP contribution in [-0.4, -0.2) is 48.6 Å². The highest BCUT2D eigenvalue weighted by atomic mass is 32.1. The molecule has 0 aliphatic carbocycles. The molecule has 1 aliphatic heterocycles. The Morgan fingerprint density at radius 1 is 1.21 bits per heavy atom. The minimum atomic E-state index is 0.120. The second-order valence-electron chi connectivity index (χ2n) is 8.81. The summed E-state index contributed by atoms with van der Waals surface area (Å²) in [6.45, 7) is 10.8. The van der Waals surface area contributed by atoms with Gasteiger partial charge >= 0.3 is 0 Å². The molecule has 1 saturated heterocycles. The largest absolute Gasteiger partial charge is 0.356 e. The van der Waals surface area contributed by atoms with Gasteiger partial charge in [0.2, 0.25) is 0 Å². The second kappa shape index (κ2) is 10.2. The Morgan fingerprint density at radius 2 is 1.93 bits per heavy atom. The van der Waals surface area contributed by atoms with Gasteiger partial charge in [-0.15, -0.1) is 11.3 Å². The quantitative estimate of drug-likeness (QED) is 0.558. The molecule has 6 heteroatoms. The number of rotatable bonds is 6. The Kier molecular flexibility index (Phi) is 7.67. The third-order valence-electron chi connectivity index (χ3n) is 5.35. The van der Waals surface area contributed by atoms with Crippen LogP contribution in [0.1, 0.15) is 49.9 Å². The minimum absolute atomic E-state index is 0.120. The lowest BCUT2D eigenvalue weighted by Gasteiger charge is -2.33. The number of guanidine groups is 1. The van der Waals surface area contributed by atoms with Gasteiger partial charge in [0.1, 0.15) is 0 Å². The lowest BCUT2D eigenvalue weighted by molar-refractivity contribution is 0.198. The fourth-order valence-electron chi connectivity index (χ4n) is 3.52. The van der Waals surface area contributed by atoms with Crippen LogP contribution in [0.15, 0.2) is 40.7 Å². The summed E-state index contributed by atoms with van der Waals surface area (Å²) in [5, 5.41) is 10.4. The summed E-state index contributed by atoms with van der Waals surface area (Å²) in [5.41, 5.74) is 2.70. The molecule has 1 fully saturated rings. The van der Waals surface area contributed by atoms with E-state index in [0.717, 1.165) is 51.4 Å². The molecule has 0 spiro atoms. The first-order valence-electron chi connectivity index (χ1n) is 10.6. The number of hydrogen-bond donors (Lipinski definition) is 2. The molecule has 158 valence electrons. The van der Waals surface area contributed by atoms with Crippen molar-refractivity contribution in [2.24, 2.45) is 4.99 Å². The summed E-state index contributed by atoms with van der Waals surface area (Å²) in [6.07, 6.45) is 3.22. The molecule has 0 saturated carbocycles. The predicted octanol–water partition coefficient (Wildman–Crippen LogP) is 3.81. The van der Waals surface area contributed by atoms with Gasteiger partial charge in [0.15, 0.2) is 5.96 Å². The van der Waals surface area contributed by atoms with E-state index in [2.05, 4.69) is 77.0 Å². The molecule has 3 rings (SSSR count). The van der Waals surface area contributed by atoms with E-state index < -0.39 is 0 Å². The molecular formula is C23H35N5S. The summed E-state index contributed by atoms with van der Waals surface area (Å²) in [7, 11) is 1.85. The molecule has 2 heterocycles. The highest BCUT2D eigenvalue weighted by molar-refractivity contribution is 7.09. The third-order valence-corrected chi connectivity index (χ3v) is 6.26. The number of thiazole rings is 1. The molecule has 1 aromatic carbocycles. The number of piperidine rings is 1. The van der Waals surface area contributed by atoms with Crippen molar-refractivity contribution in [2.45, 2.75) is 58.0 Å². The van der Waals surface area contributed by atoms with Crippen molar-refractivity contribution >= 4 is 17.3 Å². The van der Waals surface area contributed by atoms with E-state index in [-0.39, 0.29) is 5.41 Å². The third kappa shape index (κ3) is 6.82. The van der Waals surface area contributed by atoms with Crippen molar-refractivity contribution in [3.8, 4) is 0 Å². The van der Waals surface area contributed by atoms with Crippen molar-refractivity contribution in [2.75, 3.05) is 26.7 Å². The molecular weight excluding hydrogens is 378 g/mol. The van der Waals surface area contributed by atoms with Crippen molar-refractivity contribution < 1.29 is 0 Å². The molecule has 5 nitrogen and oxygen atoms in total. The van der Waals surface area contributed by atoms with Crippen LogP contribution >= 0.6 is 11.3 Å². The van der Waals surface area contributed by atoms with Crippen LogP contribution in [0.25, 0.3) is 0 Å². The zero-order valence-corrected chi connectivity index (χ0v) is 19.1. The number of nitrogens with one attached hydrogen (secondary N) is 2. The van der Waals surface area contributed by atoms with Crippen molar-refractivity contribution in [1.82, 2.24) is 20.5 Å². The molecule has 2 aromatic rings. The van der Waals surface area contributed by atoms with Gasteiger partial charge in [-0.2, -0.15) is 0 Å². The normalized spacial score (nSPS) is 16.8. The lowest BCUT2D eigenvalue weighted by Crippen LogP contribution is -2.48. The van der Waals surface area contributed by atoms with Crippen LogP contribution < -0.4 is 10.6 Å². The predicted molar refractivity (Wildman–Crippen MR) is 124 cm³/mol. The van der Waals surface area contributed by atoms with E-state index in [1.807, 2.05) is 7.05 Å². The van der Waals surface area contributed by atoms with Crippen molar-refractivity contribution in [1.29, 1.82) is 0 Å². The number of benzene rings is 1. The summed E-state index contributed by atoms with van der Waals surface area (Å²) >= 11 is 1.76. The number of nitrogens with zero attached hydrogens (tertiary/aromatic N) is 3. The average Bonchev–Trinajstić information content (AvgIpc) is 3.19. The lowest BCUT2D eigenvalue weighted by atomic mass is 9.93. The fraction of sp³-hybridized carbons (Fsp3) is 0.565. The van der Waals surface area contributed by atoms with E-state index in [9.17, 15) is 0 Å². The Balaban J connectivity index is 1.38. The molecule has 0 bridgehead atoms. The Hall–Kier alpha value is -1.92. The Bertz CT molecular complexity index is 770. The first-order chi connectivity index (χ1) is 13.9. The summed E-state index contributed by atoms with van der Waals surface area (Å²) in [4.78, 5) is 11.7. The van der Waals surface area contributed by atoms with Gasteiger partial charge in [0, 0.05) is 56.5 Å². The van der Waals surface area contributed by atoms with E-state index in [0.29, 0.717) is 6.04 Å². The molecule has 2 N–H and O–H groups in total. The van der Waals surface area contributed by atoms with Gasteiger partial charge in [-0.05, 0) is 18.4 Å². The summed E-state index contributed by atoms with van der Waals surface area (Å²) in [6, 6.07) is 11.2. The van der Waals surface area contributed by atoms with Crippen LogP contribution in [0, 0.1) is 0 Å². The zero-order chi connectivity index (χ0) is 20.7. The van der Waals surface area contributed by atoms with Crippen molar-refractivity contribution in [3.05, 3.63) is 52.0 Å². The first-order valence-corrected chi connectivity index (χ1v) is 11.5. The van der Waals surface area contributed by atoms with E-state index in [1.54, 1.807) is 11.3 Å². The van der Waals surface area contributed by atoms with Crippen LogP contribution in [0.2, 0.25) is 0 Å². The molecule has 0 radical (unpaired) electrons. The number of aromatic nitrogens is 1. The van der Waals surface area contributed by atoms with Crippen LogP contribution in [0.5, 0.6) is 0 Å². The topological polar surface area (TPSA) is 52.6 Å². The van der Waals surface area contributed by atoms with Gasteiger partial charge in [0.05, 0.1) is 10.7 Å². The van der Waals surface area contributed by atoms with Gasteiger partial charge in [-0.25, -0.2) is 4.98 Å². The molecule has 0 atom stereocenters. The molecule has 1 aromatic heterocycles. The summed E-state index contributed by atoms with van der Waals surface area (Å²) in [5.74, 6) is 0.902. The van der Waals surface area contributed by atoms with E-state index in [1.165, 1.54) is 16.3 Å². The maximum absolute atomic E-state index is 4.78. The van der Waals surface area contributed by atoms with E-state index >= 15 is 0 Å². The maximum atomic E-state index is 4.78. The van der Waals surface area contributed by atoms with Crippen LogP contribution in [-0.2, 0) is 18.4 Å². The first kappa shape index (κ1) is 21.8. The van der Waals surface area contributed by atoms with Gasteiger partial charge in [0.25, 0.3) is 0 Å². The van der Waals surface area contributed by atoms with Crippen LogP contribution in [0.4, 0.5) is 0 Å². The SMILES string of the molecule is CN=C(NCCc1nc(C(C)(C)C)cs1)NC1CCN(Cc2ccccc2)CC1. The maximum Gasteiger partial charge on any atom is 0.191 e. The zero-order valence-electron chi connectivity index (χ0n) is 18.2. The van der Waals surface area contributed by atoms with Gasteiger partial charge in [-0.1, -0.05) is 51.1 Å². The molecule has 0 unspecified atom stereocenters. The van der Waals surface area contributed by atoms with Crippen LogP contribution in [0.3, 0.4) is 0 Å². The standard InChI is InChI=1S/C23H35N5S/c1-23(2,3)20-17-29-21(27-20)10-13-25-22(24-4)26-19-11-14-28(15-12-19)16-18-8-6-5-7-9-18/h5-9,17,19H,10-16H2,1-4H3,(H2,24,25,26). The highest BCUT2D eigenvalue weighted by Crippen LogP contribution is 2.23.